The van der Waals surface area contributed by atoms with Gasteiger partial charge >= 0.3 is 5.97 Å². The lowest BCUT2D eigenvalue weighted by molar-refractivity contribution is -0.151. The van der Waals surface area contributed by atoms with E-state index < -0.39 is 0 Å². The van der Waals surface area contributed by atoms with E-state index in [1.165, 1.54) is 12.8 Å². The van der Waals surface area contributed by atoms with Crippen LogP contribution in [0.4, 0.5) is 0 Å². The van der Waals surface area contributed by atoms with E-state index in [4.69, 9.17) is 4.74 Å². The van der Waals surface area contributed by atoms with Crippen LogP contribution >= 0.6 is 0 Å². The van der Waals surface area contributed by atoms with E-state index in [1.54, 1.807) is 0 Å². The summed E-state index contributed by atoms with van der Waals surface area (Å²) >= 11 is 0. The zero-order valence-electron chi connectivity index (χ0n) is 9.38. The molecular weight excluding hydrogens is 178 g/mol. The Morgan fingerprint density at radius 3 is 2.36 bits per heavy atom. The summed E-state index contributed by atoms with van der Waals surface area (Å²) in [6.45, 7) is 5.91. The van der Waals surface area contributed by atoms with Crippen LogP contribution in [0.25, 0.3) is 0 Å². The van der Waals surface area contributed by atoms with E-state index in [2.05, 4.69) is 5.32 Å². The summed E-state index contributed by atoms with van der Waals surface area (Å²) in [4.78, 5) is 11.5. The summed E-state index contributed by atoms with van der Waals surface area (Å²) < 4.78 is 5.37. The number of hydrogen-bond donors (Lipinski definition) is 1. The molecule has 0 bridgehead atoms. The second-order valence-corrected chi connectivity index (χ2v) is 4.39. The normalized spacial score (nSPS) is 20.0. The highest BCUT2D eigenvalue weighted by molar-refractivity contribution is 5.75. The molecule has 0 aromatic carbocycles. The van der Waals surface area contributed by atoms with E-state index in [9.17, 15) is 4.79 Å². The molecule has 1 aliphatic carbocycles. The van der Waals surface area contributed by atoms with Gasteiger partial charge in [0.1, 0.15) is 12.1 Å². The van der Waals surface area contributed by atoms with Gasteiger partial charge in [0.25, 0.3) is 0 Å². The van der Waals surface area contributed by atoms with E-state index in [0.29, 0.717) is 6.04 Å². The molecule has 1 saturated carbocycles. The minimum absolute atomic E-state index is 0.106. The Labute approximate surface area is 86.2 Å². The lowest BCUT2D eigenvalue weighted by Crippen LogP contribution is -2.40. The third-order valence-corrected chi connectivity index (χ3v) is 2.52. The molecule has 3 heteroatoms. The first-order chi connectivity index (χ1) is 6.59. The van der Waals surface area contributed by atoms with E-state index in [1.807, 2.05) is 20.8 Å². The highest BCUT2D eigenvalue weighted by atomic mass is 16.5. The van der Waals surface area contributed by atoms with Gasteiger partial charge in [-0.3, -0.25) is 4.79 Å². The molecule has 0 spiro atoms. The average Bonchev–Trinajstić information content (AvgIpc) is 2.55. The summed E-state index contributed by atoms with van der Waals surface area (Å²) in [6.07, 6.45) is 4.66. The molecule has 14 heavy (non-hydrogen) atoms. The Balaban J connectivity index is 2.25. The lowest BCUT2D eigenvalue weighted by atomic mass is 10.2. The summed E-state index contributed by atoms with van der Waals surface area (Å²) in [7, 11) is 0. The smallest absolute Gasteiger partial charge is 0.323 e. The van der Waals surface area contributed by atoms with Crippen molar-refractivity contribution < 1.29 is 9.53 Å². The first-order valence-corrected chi connectivity index (χ1v) is 5.56. The highest BCUT2D eigenvalue weighted by Gasteiger charge is 2.22. The van der Waals surface area contributed by atoms with E-state index in [0.717, 1.165) is 12.8 Å². The summed E-state index contributed by atoms with van der Waals surface area (Å²) in [5.74, 6) is -0.106. The van der Waals surface area contributed by atoms with Crippen LogP contribution in [0.5, 0.6) is 0 Å². The SMILES string of the molecule is CC(C)N[C@@H](C)C(=O)OC1CCCC1. The lowest BCUT2D eigenvalue weighted by Gasteiger charge is -2.18. The van der Waals surface area contributed by atoms with Gasteiger partial charge in [-0.25, -0.2) is 0 Å². The minimum atomic E-state index is -0.185. The van der Waals surface area contributed by atoms with Crippen molar-refractivity contribution in [2.75, 3.05) is 0 Å². The van der Waals surface area contributed by atoms with Crippen LogP contribution in [0.2, 0.25) is 0 Å². The van der Waals surface area contributed by atoms with Gasteiger partial charge < -0.3 is 10.1 Å². The largest absolute Gasteiger partial charge is 0.461 e. The van der Waals surface area contributed by atoms with Crippen LogP contribution in [-0.4, -0.2) is 24.2 Å². The van der Waals surface area contributed by atoms with Gasteiger partial charge in [0.15, 0.2) is 0 Å². The van der Waals surface area contributed by atoms with Crippen LogP contribution in [0.3, 0.4) is 0 Å². The van der Waals surface area contributed by atoms with Crippen molar-refractivity contribution >= 4 is 5.97 Å². The summed E-state index contributed by atoms with van der Waals surface area (Å²) in [6, 6.07) is 0.136. The Morgan fingerprint density at radius 1 is 1.29 bits per heavy atom. The molecule has 0 unspecified atom stereocenters. The van der Waals surface area contributed by atoms with Crippen LogP contribution < -0.4 is 5.32 Å². The third-order valence-electron chi connectivity index (χ3n) is 2.52. The second-order valence-electron chi connectivity index (χ2n) is 4.39. The maximum Gasteiger partial charge on any atom is 0.323 e. The fourth-order valence-electron chi connectivity index (χ4n) is 1.84. The average molecular weight is 199 g/mol. The van der Waals surface area contributed by atoms with Gasteiger partial charge in [-0.1, -0.05) is 13.8 Å². The molecular formula is C11H21NO2. The standard InChI is InChI=1S/C11H21NO2/c1-8(2)12-9(3)11(13)14-10-6-4-5-7-10/h8-10,12H,4-7H2,1-3H3/t9-/m0/s1. The minimum Gasteiger partial charge on any atom is -0.461 e. The maximum absolute atomic E-state index is 11.5. The fourth-order valence-corrected chi connectivity index (χ4v) is 1.84. The molecule has 82 valence electrons. The molecule has 0 heterocycles. The topological polar surface area (TPSA) is 38.3 Å². The number of rotatable bonds is 4. The molecule has 0 radical (unpaired) electrons. The first-order valence-electron chi connectivity index (χ1n) is 5.56. The van der Waals surface area contributed by atoms with E-state index in [-0.39, 0.29) is 18.1 Å². The predicted octanol–water partition coefficient (Wildman–Crippen LogP) is 1.86. The Bertz CT molecular complexity index is 186. The number of ether oxygens (including phenoxy) is 1. The molecule has 0 aliphatic heterocycles. The van der Waals surface area contributed by atoms with Gasteiger partial charge in [0.05, 0.1) is 0 Å². The van der Waals surface area contributed by atoms with Crippen LogP contribution in [0, 0.1) is 0 Å². The predicted molar refractivity (Wildman–Crippen MR) is 56.1 cm³/mol. The Kier molecular flexibility index (Phi) is 4.39. The van der Waals surface area contributed by atoms with Gasteiger partial charge in [-0.15, -0.1) is 0 Å². The molecule has 0 aromatic heterocycles. The summed E-state index contributed by atoms with van der Waals surface area (Å²) in [5, 5.41) is 3.14. The van der Waals surface area contributed by atoms with E-state index >= 15 is 0 Å². The molecule has 1 fully saturated rings. The number of carbonyl (C=O) groups excluding carboxylic acids is 1. The van der Waals surface area contributed by atoms with Crippen molar-refractivity contribution in [3.8, 4) is 0 Å². The van der Waals surface area contributed by atoms with Crippen molar-refractivity contribution in [2.45, 2.75) is 64.6 Å². The zero-order chi connectivity index (χ0) is 10.6. The molecule has 0 aromatic rings. The van der Waals surface area contributed by atoms with Crippen molar-refractivity contribution in [1.29, 1.82) is 0 Å². The van der Waals surface area contributed by atoms with Gasteiger partial charge in [-0.05, 0) is 32.6 Å². The quantitative estimate of drug-likeness (QED) is 0.702. The van der Waals surface area contributed by atoms with Crippen molar-refractivity contribution in [1.82, 2.24) is 5.32 Å². The monoisotopic (exact) mass is 199 g/mol. The fraction of sp³-hybridized carbons (Fsp3) is 0.909. The third kappa shape index (κ3) is 3.66. The van der Waals surface area contributed by atoms with Gasteiger partial charge in [0.2, 0.25) is 0 Å². The number of nitrogens with one attached hydrogen (secondary N) is 1. The Morgan fingerprint density at radius 2 is 1.86 bits per heavy atom. The van der Waals surface area contributed by atoms with Crippen molar-refractivity contribution in [3.63, 3.8) is 0 Å². The molecule has 1 atom stereocenters. The molecule has 1 aliphatic rings. The van der Waals surface area contributed by atoms with Crippen LogP contribution in [-0.2, 0) is 9.53 Å². The zero-order valence-corrected chi connectivity index (χ0v) is 9.38. The highest BCUT2D eigenvalue weighted by Crippen LogP contribution is 2.21. The molecule has 1 rings (SSSR count). The first kappa shape index (κ1) is 11.5. The van der Waals surface area contributed by atoms with Crippen LogP contribution in [0.1, 0.15) is 46.5 Å². The number of esters is 1. The van der Waals surface area contributed by atoms with Crippen LogP contribution in [0.15, 0.2) is 0 Å². The Hall–Kier alpha value is -0.570. The molecule has 1 N–H and O–H groups in total. The molecule has 0 amide bonds. The van der Waals surface area contributed by atoms with Gasteiger partial charge in [0, 0.05) is 6.04 Å². The maximum atomic E-state index is 11.5. The number of carbonyl (C=O) groups is 1. The summed E-state index contributed by atoms with van der Waals surface area (Å²) in [5.41, 5.74) is 0. The van der Waals surface area contributed by atoms with Crippen molar-refractivity contribution in [2.24, 2.45) is 0 Å². The van der Waals surface area contributed by atoms with Crippen molar-refractivity contribution in [3.05, 3.63) is 0 Å². The number of hydrogen-bond acceptors (Lipinski definition) is 3. The second kappa shape index (κ2) is 5.35. The van der Waals surface area contributed by atoms with Gasteiger partial charge in [-0.2, -0.15) is 0 Å². The molecule has 0 saturated heterocycles. The molecule has 3 nitrogen and oxygen atoms in total.